The van der Waals surface area contributed by atoms with Gasteiger partial charge in [0.1, 0.15) is 11.6 Å². The maximum atomic E-state index is 11.6. The molecule has 1 heterocycles. The molecule has 1 fully saturated rings. The summed E-state index contributed by atoms with van der Waals surface area (Å²) in [6.07, 6.45) is 0.288. The SMILES string of the molecule is CC(C)(C)OC(=O)C1CC(=S)NC(=O)N1. The van der Waals surface area contributed by atoms with E-state index in [0.717, 1.165) is 0 Å². The van der Waals surface area contributed by atoms with Gasteiger partial charge in [-0.15, -0.1) is 0 Å². The summed E-state index contributed by atoms with van der Waals surface area (Å²) in [4.78, 5) is 23.0. The Morgan fingerprint density at radius 2 is 2.13 bits per heavy atom. The third-order valence-corrected chi connectivity index (χ3v) is 1.91. The van der Waals surface area contributed by atoms with Crippen molar-refractivity contribution in [3.8, 4) is 0 Å². The highest BCUT2D eigenvalue weighted by molar-refractivity contribution is 7.80. The van der Waals surface area contributed by atoms with E-state index in [1.807, 2.05) is 0 Å². The van der Waals surface area contributed by atoms with E-state index in [1.165, 1.54) is 0 Å². The van der Waals surface area contributed by atoms with Crippen molar-refractivity contribution in [2.75, 3.05) is 0 Å². The van der Waals surface area contributed by atoms with Crippen LogP contribution in [0.4, 0.5) is 4.79 Å². The second-order valence-electron chi connectivity index (χ2n) is 4.31. The number of urea groups is 1. The van der Waals surface area contributed by atoms with Gasteiger partial charge in [0.2, 0.25) is 0 Å². The fourth-order valence-electron chi connectivity index (χ4n) is 1.12. The van der Waals surface area contributed by atoms with Crippen molar-refractivity contribution in [2.45, 2.75) is 38.8 Å². The Morgan fingerprint density at radius 3 is 2.60 bits per heavy atom. The van der Waals surface area contributed by atoms with E-state index in [-0.39, 0.29) is 6.42 Å². The summed E-state index contributed by atoms with van der Waals surface area (Å²) in [5.41, 5.74) is -0.561. The molecule has 1 aliphatic heterocycles. The molecule has 6 heteroatoms. The number of nitrogens with one attached hydrogen (secondary N) is 2. The molecule has 1 aliphatic rings. The first kappa shape index (κ1) is 11.9. The lowest BCUT2D eigenvalue weighted by Crippen LogP contribution is -2.55. The van der Waals surface area contributed by atoms with E-state index in [0.29, 0.717) is 4.99 Å². The predicted octanol–water partition coefficient (Wildman–Crippen LogP) is 0.727. The first-order valence-electron chi connectivity index (χ1n) is 4.61. The Hall–Kier alpha value is -1.17. The molecule has 1 unspecified atom stereocenters. The van der Waals surface area contributed by atoms with Crippen molar-refractivity contribution >= 4 is 29.2 Å². The normalized spacial score (nSPS) is 21.7. The molecule has 0 aromatic heterocycles. The number of esters is 1. The maximum Gasteiger partial charge on any atom is 0.329 e. The Morgan fingerprint density at radius 1 is 1.53 bits per heavy atom. The van der Waals surface area contributed by atoms with E-state index in [1.54, 1.807) is 20.8 Å². The molecule has 0 aromatic carbocycles. The Kier molecular flexibility index (Phi) is 3.28. The summed E-state index contributed by atoms with van der Waals surface area (Å²) < 4.78 is 5.13. The molecular weight excluding hydrogens is 216 g/mol. The van der Waals surface area contributed by atoms with Crippen LogP contribution in [0.1, 0.15) is 27.2 Å². The van der Waals surface area contributed by atoms with Gasteiger partial charge in [-0.25, -0.2) is 9.59 Å². The topological polar surface area (TPSA) is 67.4 Å². The molecule has 5 nitrogen and oxygen atoms in total. The minimum atomic E-state index is -0.675. The second-order valence-corrected chi connectivity index (χ2v) is 4.80. The summed E-state index contributed by atoms with van der Waals surface area (Å²) >= 11 is 4.84. The number of carbonyl (C=O) groups excluding carboxylic acids is 2. The smallest absolute Gasteiger partial charge is 0.329 e. The molecule has 2 N–H and O–H groups in total. The molecule has 1 rings (SSSR count). The van der Waals surface area contributed by atoms with Crippen LogP contribution in [0.3, 0.4) is 0 Å². The van der Waals surface area contributed by atoms with Crippen molar-refractivity contribution in [3.63, 3.8) is 0 Å². The zero-order chi connectivity index (χ0) is 11.6. The molecule has 0 aromatic rings. The molecule has 0 bridgehead atoms. The molecule has 0 radical (unpaired) electrons. The third kappa shape index (κ3) is 3.83. The van der Waals surface area contributed by atoms with Gasteiger partial charge in [-0.05, 0) is 20.8 Å². The zero-order valence-electron chi connectivity index (χ0n) is 8.92. The van der Waals surface area contributed by atoms with Gasteiger partial charge in [-0.3, -0.25) is 0 Å². The van der Waals surface area contributed by atoms with Crippen LogP contribution in [-0.2, 0) is 9.53 Å². The number of rotatable bonds is 1. The predicted molar refractivity (Wildman–Crippen MR) is 58.5 cm³/mol. The van der Waals surface area contributed by atoms with Gasteiger partial charge >= 0.3 is 12.0 Å². The molecule has 1 saturated heterocycles. The molecule has 15 heavy (non-hydrogen) atoms. The lowest BCUT2D eigenvalue weighted by Gasteiger charge is -2.27. The molecule has 0 aliphatic carbocycles. The quantitative estimate of drug-likeness (QED) is 0.514. The van der Waals surface area contributed by atoms with Gasteiger partial charge in [-0.2, -0.15) is 0 Å². The van der Waals surface area contributed by atoms with Gasteiger partial charge < -0.3 is 15.4 Å². The first-order valence-corrected chi connectivity index (χ1v) is 5.02. The van der Waals surface area contributed by atoms with E-state index >= 15 is 0 Å². The number of ether oxygens (including phenoxy) is 1. The Balaban J connectivity index is 2.60. The summed E-state index contributed by atoms with van der Waals surface area (Å²) in [5.74, 6) is -0.459. The molecule has 1 atom stereocenters. The molecule has 0 saturated carbocycles. The summed E-state index contributed by atoms with van der Waals surface area (Å²) in [7, 11) is 0. The summed E-state index contributed by atoms with van der Waals surface area (Å²) in [5, 5.41) is 4.86. The number of amides is 2. The standard InChI is InChI=1S/C9H14N2O3S/c1-9(2,3)14-7(12)5-4-6(15)11-8(13)10-5/h5H,4H2,1-3H3,(H2,10,11,13,15). The second kappa shape index (κ2) is 4.14. The van der Waals surface area contributed by atoms with Crippen LogP contribution in [0.25, 0.3) is 0 Å². The molecule has 84 valence electrons. The van der Waals surface area contributed by atoms with Gasteiger partial charge in [0.05, 0.1) is 4.99 Å². The van der Waals surface area contributed by atoms with E-state index in [4.69, 9.17) is 17.0 Å². The lowest BCUT2D eigenvalue weighted by atomic mass is 10.1. The summed E-state index contributed by atoms with van der Waals surface area (Å²) in [6.45, 7) is 5.31. The minimum absolute atomic E-state index is 0.288. The number of carbonyl (C=O) groups is 2. The van der Waals surface area contributed by atoms with Gasteiger partial charge in [-0.1, -0.05) is 12.2 Å². The van der Waals surface area contributed by atoms with Crippen LogP contribution in [0.5, 0.6) is 0 Å². The van der Waals surface area contributed by atoms with Crippen molar-refractivity contribution in [1.82, 2.24) is 10.6 Å². The molecule has 2 amide bonds. The maximum absolute atomic E-state index is 11.6. The highest BCUT2D eigenvalue weighted by Gasteiger charge is 2.30. The fourth-order valence-corrected chi connectivity index (χ4v) is 1.38. The zero-order valence-corrected chi connectivity index (χ0v) is 9.73. The highest BCUT2D eigenvalue weighted by Crippen LogP contribution is 2.11. The Bertz CT molecular complexity index is 293. The number of hydrogen-bond donors (Lipinski definition) is 2. The van der Waals surface area contributed by atoms with Crippen LogP contribution in [0.2, 0.25) is 0 Å². The highest BCUT2D eigenvalue weighted by atomic mass is 32.1. The monoisotopic (exact) mass is 230 g/mol. The number of hydrogen-bond acceptors (Lipinski definition) is 4. The minimum Gasteiger partial charge on any atom is -0.458 e. The average Bonchev–Trinajstić information content (AvgIpc) is 1.98. The van der Waals surface area contributed by atoms with Crippen LogP contribution in [0, 0.1) is 0 Å². The van der Waals surface area contributed by atoms with Crippen LogP contribution < -0.4 is 10.6 Å². The van der Waals surface area contributed by atoms with E-state index in [2.05, 4.69) is 10.6 Å². The van der Waals surface area contributed by atoms with Crippen LogP contribution >= 0.6 is 12.2 Å². The van der Waals surface area contributed by atoms with Crippen molar-refractivity contribution in [2.24, 2.45) is 0 Å². The summed E-state index contributed by atoms with van der Waals surface area (Å²) in [6, 6.07) is -1.13. The van der Waals surface area contributed by atoms with Crippen molar-refractivity contribution in [1.29, 1.82) is 0 Å². The first-order chi connectivity index (χ1) is 6.78. The van der Waals surface area contributed by atoms with E-state index < -0.39 is 23.6 Å². The third-order valence-electron chi connectivity index (χ3n) is 1.64. The Labute approximate surface area is 93.5 Å². The fraction of sp³-hybridized carbons (Fsp3) is 0.667. The van der Waals surface area contributed by atoms with Crippen molar-refractivity contribution in [3.05, 3.63) is 0 Å². The van der Waals surface area contributed by atoms with Crippen LogP contribution in [-0.4, -0.2) is 28.6 Å². The van der Waals surface area contributed by atoms with Gasteiger partial charge in [0.15, 0.2) is 0 Å². The average molecular weight is 230 g/mol. The lowest BCUT2D eigenvalue weighted by molar-refractivity contribution is -0.157. The molecule has 0 spiro atoms. The van der Waals surface area contributed by atoms with Gasteiger partial charge in [0, 0.05) is 6.42 Å². The van der Waals surface area contributed by atoms with E-state index in [9.17, 15) is 9.59 Å². The van der Waals surface area contributed by atoms with Crippen molar-refractivity contribution < 1.29 is 14.3 Å². The largest absolute Gasteiger partial charge is 0.458 e. The number of thiocarbonyl (C=S) groups is 1. The van der Waals surface area contributed by atoms with Crippen LogP contribution in [0.15, 0.2) is 0 Å². The van der Waals surface area contributed by atoms with Gasteiger partial charge in [0.25, 0.3) is 0 Å². The molecular formula is C9H14N2O3S.